The first-order valence-corrected chi connectivity index (χ1v) is 3.70. The van der Waals surface area contributed by atoms with Crippen LogP contribution < -0.4 is 0 Å². The van der Waals surface area contributed by atoms with Crippen LogP contribution in [-0.4, -0.2) is 27.4 Å². The van der Waals surface area contributed by atoms with E-state index in [-0.39, 0.29) is 0 Å². The van der Waals surface area contributed by atoms with E-state index in [1.54, 1.807) is 14.2 Å². The molecule has 0 heterocycles. The van der Waals surface area contributed by atoms with Crippen LogP contribution in [-0.2, 0) is 9.47 Å². The van der Waals surface area contributed by atoms with E-state index in [0.29, 0.717) is 11.8 Å². The second kappa shape index (κ2) is 5.69. The molecule has 0 unspecified atom stereocenters. The Hall–Kier alpha value is -0.0800. The molecule has 62 valence electrons. The van der Waals surface area contributed by atoms with Crippen LogP contribution in [0.5, 0.6) is 0 Å². The maximum Gasteiger partial charge on any atom is 0.0514 e. The molecule has 0 saturated carbocycles. The molecule has 0 radical (unpaired) electrons. The van der Waals surface area contributed by atoms with Crippen molar-refractivity contribution in [1.82, 2.24) is 0 Å². The lowest BCUT2D eigenvalue weighted by Gasteiger charge is -2.18. The summed E-state index contributed by atoms with van der Waals surface area (Å²) in [5.74, 6) is 1.18. The first kappa shape index (κ1) is 9.92. The van der Waals surface area contributed by atoms with Gasteiger partial charge in [-0.1, -0.05) is 13.8 Å². The van der Waals surface area contributed by atoms with Crippen LogP contribution in [0.4, 0.5) is 0 Å². The molecule has 0 aromatic carbocycles. The van der Waals surface area contributed by atoms with Crippen molar-refractivity contribution in [3.05, 3.63) is 0 Å². The Bertz CT molecular complexity index is 65.7. The molecular formula is C8H18O2. The molecule has 0 spiro atoms. The summed E-state index contributed by atoms with van der Waals surface area (Å²) < 4.78 is 10.1. The van der Waals surface area contributed by atoms with Gasteiger partial charge in [-0.2, -0.15) is 0 Å². The molecular weight excluding hydrogens is 128 g/mol. The van der Waals surface area contributed by atoms with Gasteiger partial charge in [-0.15, -0.1) is 0 Å². The van der Waals surface area contributed by atoms with Gasteiger partial charge in [-0.25, -0.2) is 0 Å². The van der Waals surface area contributed by atoms with E-state index in [4.69, 9.17) is 9.47 Å². The van der Waals surface area contributed by atoms with Crippen LogP contribution in [0, 0.1) is 11.8 Å². The van der Waals surface area contributed by atoms with Crippen molar-refractivity contribution in [2.75, 3.05) is 27.4 Å². The Morgan fingerprint density at radius 3 is 1.60 bits per heavy atom. The Kier molecular flexibility index (Phi) is 5.64. The molecule has 0 aliphatic heterocycles. The average Bonchev–Trinajstić information content (AvgIpc) is 1.87. The fraction of sp³-hybridized carbons (Fsp3) is 1.00. The molecule has 2 nitrogen and oxygen atoms in total. The quantitative estimate of drug-likeness (QED) is 0.586. The lowest BCUT2D eigenvalue weighted by Crippen LogP contribution is -2.20. The SMILES string of the molecule is COCC(COC)C(C)C. The highest BCUT2D eigenvalue weighted by Gasteiger charge is 2.11. The fourth-order valence-corrected chi connectivity index (χ4v) is 0.861. The molecule has 0 atom stereocenters. The van der Waals surface area contributed by atoms with E-state index in [0.717, 1.165) is 13.2 Å². The summed E-state index contributed by atoms with van der Waals surface area (Å²) in [5.41, 5.74) is 0. The van der Waals surface area contributed by atoms with Gasteiger partial charge in [0.25, 0.3) is 0 Å². The number of rotatable bonds is 5. The molecule has 0 bridgehead atoms. The third-order valence-corrected chi connectivity index (χ3v) is 1.70. The van der Waals surface area contributed by atoms with Crippen molar-refractivity contribution >= 4 is 0 Å². The van der Waals surface area contributed by atoms with E-state index in [1.807, 2.05) is 0 Å². The molecule has 0 saturated heterocycles. The van der Waals surface area contributed by atoms with Gasteiger partial charge in [0.05, 0.1) is 13.2 Å². The van der Waals surface area contributed by atoms with E-state index in [9.17, 15) is 0 Å². The molecule has 0 rings (SSSR count). The van der Waals surface area contributed by atoms with Gasteiger partial charge >= 0.3 is 0 Å². The zero-order chi connectivity index (χ0) is 7.98. The molecule has 10 heavy (non-hydrogen) atoms. The van der Waals surface area contributed by atoms with E-state index < -0.39 is 0 Å². The predicted molar refractivity (Wildman–Crippen MR) is 42.1 cm³/mol. The Balaban J connectivity index is 3.50. The van der Waals surface area contributed by atoms with Crippen molar-refractivity contribution in [2.24, 2.45) is 11.8 Å². The molecule has 0 aliphatic carbocycles. The number of hydrogen-bond acceptors (Lipinski definition) is 2. The number of methoxy groups -OCH3 is 2. The van der Waals surface area contributed by atoms with E-state index in [1.165, 1.54) is 0 Å². The van der Waals surface area contributed by atoms with Gasteiger partial charge in [0.2, 0.25) is 0 Å². The summed E-state index contributed by atoms with van der Waals surface area (Å²) in [5, 5.41) is 0. The van der Waals surface area contributed by atoms with Crippen LogP contribution in [0.15, 0.2) is 0 Å². The normalized spacial score (nSPS) is 11.4. The summed E-state index contributed by atoms with van der Waals surface area (Å²) in [6.45, 7) is 5.96. The van der Waals surface area contributed by atoms with Gasteiger partial charge < -0.3 is 9.47 Å². The molecule has 0 amide bonds. The van der Waals surface area contributed by atoms with Crippen molar-refractivity contribution in [2.45, 2.75) is 13.8 Å². The highest BCUT2D eigenvalue weighted by molar-refractivity contribution is 4.60. The zero-order valence-electron chi connectivity index (χ0n) is 7.39. The largest absolute Gasteiger partial charge is 0.384 e. The zero-order valence-corrected chi connectivity index (χ0v) is 7.39. The molecule has 0 aliphatic rings. The van der Waals surface area contributed by atoms with Crippen LogP contribution in [0.2, 0.25) is 0 Å². The van der Waals surface area contributed by atoms with Crippen molar-refractivity contribution in [3.8, 4) is 0 Å². The second-order valence-corrected chi connectivity index (χ2v) is 2.91. The third-order valence-electron chi connectivity index (χ3n) is 1.70. The van der Waals surface area contributed by atoms with Crippen LogP contribution >= 0.6 is 0 Å². The average molecular weight is 146 g/mol. The van der Waals surface area contributed by atoms with E-state index in [2.05, 4.69) is 13.8 Å². The summed E-state index contributed by atoms with van der Waals surface area (Å²) in [4.78, 5) is 0. The minimum atomic E-state index is 0.537. The van der Waals surface area contributed by atoms with Gasteiger partial charge in [-0.3, -0.25) is 0 Å². The van der Waals surface area contributed by atoms with Crippen LogP contribution in [0.3, 0.4) is 0 Å². The minimum Gasteiger partial charge on any atom is -0.384 e. The summed E-state index contributed by atoms with van der Waals surface area (Å²) in [6, 6.07) is 0. The first-order valence-electron chi connectivity index (χ1n) is 3.70. The maximum absolute atomic E-state index is 5.04. The monoisotopic (exact) mass is 146 g/mol. The summed E-state index contributed by atoms with van der Waals surface area (Å²) in [6.07, 6.45) is 0. The Morgan fingerprint density at radius 1 is 1.00 bits per heavy atom. The van der Waals surface area contributed by atoms with Crippen LogP contribution in [0.25, 0.3) is 0 Å². The smallest absolute Gasteiger partial charge is 0.0514 e. The first-order chi connectivity index (χ1) is 4.72. The van der Waals surface area contributed by atoms with Gasteiger partial charge in [0, 0.05) is 20.1 Å². The maximum atomic E-state index is 5.04. The minimum absolute atomic E-state index is 0.537. The van der Waals surface area contributed by atoms with Crippen LogP contribution in [0.1, 0.15) is 13.8 Å². The Labute approximate surface area is 63.5 Å². The van der Waals surface area contributed by atoms with Crippen molar-refractivity contribution in [3.63, 3.8) is 0 Å². The molecule has 2 heteroatoms. The van der Waals surface area contributed by atoms with E-state index >= 15 is 0 Å². The number of ether oxygens (including phenoxy) is 2. The highest BCUT2D eigenvalue weighted by Crippen LogP contribution is 2.10. The lowest BCUT2D eigenvalue weighted by molar-refractivity contribution is 0.0623. The second-order valence-electron chi connectivity index (χ2n) is 2.91. The predicted octanol–water partition coefficient (Wildman–Crippen LogP) is 1.55. The standard InChI is InChI=1S/C8H18O2/c1-7(2)8(5-9-3)6-10-4/h7-8H,5-6H2,1-4H3. The molecule has 0 fully saturated rings. The van der Waals surface area contributed by atoms with Crippen molar-refractivity contribution < 1.29 is 9.47 Å². The Morgan fingerprint density at radius 2 is 1.40 bits per heavy atom. The molecule has 0 aromatic heterocycles. The lowest BCUT2D eigenvalue weighted by atomic mass is 9.98. The van der Waals surface area contributed by atoms with Gasteiger partial charge in [0.15, 0.2) is 0 Å². The van der Waals surface area contributed by atoms with Gasteiger partial charge in [0.1, 0.15) is 0 Å². The third kappa shape index (κ3) is 3.85. The van der Waals surface area contributed by atoms with Crippen molar-refractivity contribution in [1.29, 1.82) is 0 Å². The fourth-order valence-electron chi connectivity index (χ4n) is 0.861. The number of hydrogen-bond donors (Lipinski definition) is 0. The molecule has 0 aromatic rings. The molecule has 0 N–H and O–H groups in total. The van der Waals surface area contributed by atoms with Gasteiger partial charge in [-0.05, 0) is 5.92 Å². The summed E-state index contributed by atoms with van der Waals surface area (Å²) in [7, 11) is 3.45. The topological polar surface area (TPSA) is 18.5 Å². The summed E-state index contributed by atoms with van der Waals surface area (Å²) >= 11 is 0. The highest BCUT2D eigenvalue weighted by atomic mass is 16.5.